The Morgan fingerprint density at radius 1 is 1.46 bits per heavy atom. The molecule has 0 heterocycles. The van der Waals surface area contributed by atoms with Gasteiger partial charge in [0.05, 0.1) is 6.54 Å². The Balaban J connectivity index is 3.87. The van der Waals surface area contributed by atoms with E-state index in [0.29, 0.717) is 5.92 Å². The normalized spacial score (nSPS) is 13.7. The van der Waals surface area contributed by atoms with Gasteiger partial charge in [-0.05, 0) is 20.0 Å². The average Bonchev–Trinajstić information content (AvgIpc) is 1.96. The van der Waals surface area contributed by atoms with Gasteiger partial charge >= 0.3 is 5.97 Å². The van der Waals surface area contributed by atoms with Crippen LogP contribution in [0.15, 0.2) is 0 Å². The van der Waals surface area contributed by atoms with Gasteiger partial charge in [-0.2, -0.15) is 0 Å². The van der Waals surface area contributed by atoms with Crippen LogP contribution < -0.4 is 5.32 Å². The van der Waals surface area contributed by atoms with Crippen LogP contribution in [0, 0.1) is 5.92 Å². The number of carbonyl (C=O) groups is 1. The maximum Gasteiger partial charge on any atom is 0.317 e. The van der Waals surface area contributed by atoms with Crippen molar-refractivity contribution in [3.63, 3.8) is 0 Å². The van der Waals surface area contributed by atoms with Gasteiger partial charge in [-0.3, -0.25) is 4.79 Å². The first kappa shape index (κ1) is 12.4. The lowest BCUT2D eigenvalue weighted by molar-refractivity contribution is -0.136. The SMILES string of the molecule is CC(C)C(CN(C)C)NCC(=O)O. The molecule has 0 saturated heterocycles. The van der Waals surface area contributed by atoms with E-state index < -0.39 is 5.97 Å². The van der Waals surface area contributed by atoms with Crippen LogP contribution in [0.4, 0.5) is 0 Å². The predicted molar refractivity (Wildman–Crippen MR) is 52.8 cm³/mol. The molecule has 0 amide bonds. The van der Waals surface area contributed by atoms with E-state index in [0.717, 1.165) is 6.54 Å². The summed E-state index contributed by atoms with van der Waals surface area (Å²) in [6.07, 6.45) is 0. The maximum atomic E-state index is 10.3. The molecule has 0 saturated carbocycles. The highest BCUT2D eigenvalue weighted by atomic mass is 16.4. The van der Waals surface area contributed by atoms with E-state index in [4.69, 9.17) is 5.11 Å². The zero-order valence-corrected chi connectivity index (χ0v) is 8.87. The van der Waals surface area contributed by atoms with Crippen molar-refractivity contribution in [3.05, 3.63) is 0 Å². The Kier molecular flexibility index (Phi) is 5.66. The van der Waals surface area contributed by atoms with Crippen LogP contribution in [0.3, 0.4) is 0 Å². The Morgan fingerprint density at radius 2 is 2.00 bits per heavy atom. The largest absolute Gasteiger partial charge is 0.480 e. The van der Waals surface area contributed by atoms with Gasteiger partial charge in [-0.1, -0.05) is 13.8 Å². The summed E-state index contributed by atoms with van der Waals surface area (Å²) in [5, 5.41) is 11.5. The van der Waals surface area contributed by atoms with Crippen molar-refractivity contribution in [2.45, 2.75) is 19.9 Å². The Hall–Kier alpha value is -0.610. The summed E-state index contributed by atoms with van der Waals surface area (Å²) in [7, 11) is 3.97. The molecular formula is C9H20N2O2. The van der Waals surface area contributed by atoms with Gasteiger partial charge in [0.25, 0.3) is 0 Å². The molecule has 1 atom stereocenters. The van der Waals surface area contributed by atoms with E-state index in [1.165, 1.54) is 0 Å². The summed E-state index contributed by atoms with van der Waals surface area (Å²) in [5.41, 5.74) is 0. The van der Waals surface area contributed by atoms with Crippen LogP contribution in [-0.2, 0) is 4.79 Å². The van der Waals surface area contributed by atoms with Gasteiger partial charge < -0.3 is 15.3 Å². The Labute approximate surface area is 79.9 Å². The van der Waals surface area contributed by atoms with E-state index in [9.17, 15) is 4.79 Å². The molecule has 13 heavy (non-hydrogen) atoms. The topological polar surface area (TPSA) is 52.6 Å². The number of aliphatic carboxylic acids is 1. The third kappa shape index (κ3) is 6.54. The van der Waals surface area contributed by atoms with Crippen molar-refractivity contribution in [1.82, 2.24) is 10.2 Å². The van der Waals surface area contributed by atoms with Crippen LogP contribution in [0.1, 0.15) is 13.8 Å². The van der Waals surface area contributed by atoms with Crippen LogP contribution in [0.5, 0.6) is 0 Å². The highest BCUT2D eigenvalue weighted by Crippen LogP contribution is 2.01. The van der Waals surface area contributed by atoms with Crippen molar-refractivity contribution < 1.29 is 9.90 Å². The minimum Gasteiger partial charge on any atom is -0.480 e. The molecule has 0 bridgehead atoms. The molecule has 0 radical (unpaired) electrons. The van der Waals surface area contributed by atoms with Gasteiger partial charge in [-0.25, -0.2) is 0 Å². The molecule has 0 aromatic carbocycles. The average molecular weight is 188 g/mol. The lowest BCUT2D eigenvalue weighted by atomic mass is 10.0. The molecule has 2 N–H and O–H groups in total. The molecular weight excluding hydrogens is 168 g/mol. The second-order valence-electron chi connectivity index (χ2n) is 3.89. The molecule has 78 valence electrons. The summed E-state index contributed by atoms with van der Waals surface area (Å²) in [4.78, 5) is 12.4. The minimum atomic E-state index is -0.801. The fourth-order valence-electron chi connectivity index (χ4n) is 1.12. The molecule has 0 rings (SSSR count). The molecule has 0 aliphatic heterocycles. The summed E-state index contributed by atoms with van der Waals surface area (Å²) in [6, 6.07) is 0.242. The van der Waals surface area contributed by atoms with Gasteiger partial charge in [0, 0.05) is 12.6 Å². The predicted octanol–water partition coefficient (Wildman–Crippen LogP) is 0.247. The fraction of sp³-hybridized carbons (Fsp3) is 0.889. The first-order chi connectivity index (χ1) is 5.93. The number of hydrogen-bond acceptors (Lipinski definition) is 3. The first-order valence-corrected chi connectivity index (χ1v) is 4.53. The van der Waals surface area contributed by atoms with Crippen LogP contribution in [0.2, 0.25) is 0 Å². The molecule has 0 aromatic rings. The zero-order chi connectivity index (χ0) is 10.4. The van der Waals surface area contributed by atoms with E-state index in [1.807, 2.05) is 14.1 Å². The lowest BCUT2D eigenvalue weighted by Crippen LogP contribution is -2.44. The van der Waals surface area contributed by atoms with Crippen LogP contribution in [0.25, 0.3) is 0 Å². The second kappa shape index (κ2) is 5.94. The van der Waals surface area contributed by atoms with Crippen LogP contribution in [-0.4, -0.2) is 49.2 Å². The van der Waals surface area contributed by atoms with Crippen molar-refractivity contribution in [1.29, 1.82) is 0 Å². The summed E-state index contributed by atoms with van der Waals surface area (Å²) in [5.74, 6) is -0.355. The smallest absolute Gasteiger partial charge is 0.317 e. The zero-order valence-electron chi connectivity index (χ0n) is 8.87. The van der Waals surface area contributed by atoms with Crippen molar-refractivity contribution in [2.75, 3.05) is 27.2 Å². The number of nitrogens with zero attached hydrogens (tertiary/aromatic N) is 1. The van der Waals surface area contributed by atoms with Gasteiger partial charge in [0.2, 0.25) is 0 Å². The molecule has 1 unspecified atom stereocenters. The molecule has 0 spiro atoms. The highest BCUT2D eigenvalue weighted by Gasteiger charge is 2.14. The van der Waals surface area contributed by atoms with Crippen molar-refractivity contribution >= 4 is 5.97 Å². The van der Waals surface area contributed by atoms with Gasteiger partial charge in [0.1, 0.15) is 0 Å². The second-order valence-corrected chi connectivity index (χ2v) is 3.89. The molecule has 0 aliphatic rings. The minimum absolute atomic E-state index is 0.0384. The quantitative estimate of drug-likeness (QED) is 0.627. The van der Waals surface area contributed by atoms with E-state index >= 15 is 0 Å². The Bertz CT molecular complexity index is 158. The third-order valence-corrected chi connectivity index (χ3v) is 1.88. The number of hydrogen-bond donors (Lipinski definition) is 2. The third-order valence-electron chi connectivity index (χ3n) is 1.88. The van der Waals surface area contributed by atoms with Gasteiger partial charge in [-0.15, -0.1) is 0 Å². The monoisotopic (exact) mass is 188 g/mol. The maximum absolute atomic E-state index is 10.3. The van der Waals surface area contributed by atoms with Crippen LogP contribution >= 0.6 is 0 Å². The molecule has 0 aromatic heterocycles. The summed E-state index contributed by atoms with van der Waals surface area (Å²) >= 11 is 0. The number of carboxylic acids is 1. The first-order valence-electron chi connectivity index (χ1n) is 4.53. The fourth-order valence-corrected chi connectivity index (χ4v) is 1.12. The number of likely N-dealkylation sites (N-methyl/N-ethyl adjacent to an activating group) is 1. The number of nitrogens with one attached hydrogen (secondary N) is 1. The molecule has 4 heteroatoms. The van der Waals surface area contributed by atoms with Crippen molar-refractivity contribution in [2.24, 2.45) is 5.92 Å². The number of carboxylic acid groups (broad SMARTS) is 1. The highest BCUT2D eigenvalue weighted by molar-refractivity contribution is 5.69. The number of rotatable bonds is 6. The Morgan fingerprint density at radius 3 is 2.31 bits per heavy atom. The van der Waals surface area contributed by atoms with Gasteiger partial charge in [0.15, 0.2) is 0 Å². The molecule has 4 nitrogen and oxygen atoms in total. The summed E-state index contributed by atoms with van der Waals surface area (Å²) in [6.45, 7) is 5.08. The summed E-state index contributed by atoms with van der Waals surface area (Å²) < 4.78 is 0. The standard InChI is InChI=1S/C9H20N2O2/c1-7(2)8(6-11(3)4)10-5-9(12)13/h7-8,10H,5-6H2,1-4H3,(H,12,13). The molecule has 0 fully saturated rings. The van der Waals surface area contributed by atoms with Crippen molar-refractivity contribution in [3.8, 4) is 0 Å². The van der Waals surface area contributed by atoms with E-state index in [2.05, 4.69) is 24.1 Å². The van der Waals surface area contributed by atoms with E-state index in [1.54, 1.807) is 0 Å². The van der Waals surface area contributed by atoms with E-state index in [-0.39, 0.29) is 12.6 Å². The molecule has 0 aliphatic carbocycles. The lowest BCUT2D eigenvalue weighted by Gasteiger charge is -2.24.